The molecule has 0 spiro atoms. The molecule has 2 atom stereocenters. The van der Waals surface area contributed by atoms with Crippen molar-refractivity contribution >= 4 is 0 Å². The second-order valence-corrected chi connectivity index (χ2v) is 2.29. The molecule has 0 aliphatic carbocycles. The molecule has 64 valence electrons. The summed E-state index contributed by atoms with van der Waals surface area (Å²) in [6.45, 7) is -0.524. The second kappa shape index (κ2) is 3.08. The van der Waals surface area contributed by atoms with E-state index in [1.54, 1.807) is 0 Å². The van der Waals surface area contributed by atoms with Gasteiger partial charge in [0.1, 0.15) is 12.2 Å². The van der Waals surface area contributed by atoms with Crippen molar-refractivity contribution in [3.63, 3.8) is 0 Å². The van der Waals surface area contributed by atoms with Crippen molar-refractivity contribution in [1.29, 1.82) is 0 Å². The Morgan fingerprint density at radius 3 is 2.55 bits per heavy atom. The highest BCUT2D eigenvalue weighted by Crippen LogP contribution is 2.16. The first kappa shape index (κ1) is 8.32. The molecule has 0 fully saturated rings. The standard InChI is InChI=1S/C6H10O5/c7-1-4-6(10)5(9)3(8)2-11-4/h3-4,7-10H,1-2H2/t3-,4+/m0/s1. The number of aliphatic hydroxyl groups is 4. The molecule has 5 nitrogen and oxygen atoms in total. The molecule has 5 heteroatoms. The minimum absolute atomic E-state index is 0.110. The molecule has 0 bridgehead atoms. The van der Waals surface area contributed by atoms with Crippen LogP contribution in [0.5, 0.6) is 0 Å². The summed E-state index contributed by atoms with van der Waals surface area (Å²) in [6, 6.07) is 0. The largest absolute Gasteiger partial charge is 0.506 e. The van der Waals surface area contributed by atoms with Crippen molar-refractivity contribution in [2.24, 2.45) is 0 Å². The minimum Gasteiger partial charge on any atom is -0.506 e. The maximum absolute atomic E-state index is 8.99. The fourth-order valence-corrected chi connectivity index (χ4v) is 0.840. The summed E-state index contributed by atoms with van der Waals surface area (Å²) in [5, 5.41) is 35.4. The zero-order valence-corrected chi connectivity index (χ0v) is 5.77. The van der Waals surface area contributed by atoms with Crippen molar-refractivity contribution in [3.8, 4) is 0 Å². The van der Waals surface area contributed by atoms with Gasteiger partial charge >= 0.3 is 0 Å². The van der Waals surface area contributed by atoms with Crippen LogP contribution in [0, 0.1) is 0 Å². The third-order valence-corrected chi connectivity index (χ3v) is 1.50. The molecular formula is C6H10O5. The zero-order valence-electron chi connectivity index (χ0n) is 5.77. The van der Waals surface area contributed by atoms with Crippen LogP contribution in [-0.4, -0.2) is 45.8 Å². The average Bonchev–Trinajstić information content (AvgIpc) is 2.01. The highest BCUT2D eigenvalue weighted by Gasteiger charge is 2.28. The molecule has 0 aromatic heterocycles. The topological polar surface area (TPSA) is 90.2 Å². The number of hydrogen-bond acceptors (Lipinski definition) is 5. The lowest BCUT2D eigenvalue weighted by atomic mass is 10.1. The van der Waals surface area contributed by atoms with Gasteiger partial charge in [0.15, 0.2) is 11.5 Å². The number of rotatable bonds is 1. The molecule has 1 rings (SSSR count). The molecule has 0 amide bonds. The van der Waals surface area contributed by atoms with E-state index in [9.17, 15) is 0 Å². The van der Waals surface area contributed by atoms with Gasteiger partial charge in [0, 0.05) is 0 Å². The van der Waals surface area contributed by atoms with E-state index in [1.165, 1.54) is 0 Å². The molecule has 0 unspecified atom stereocenters. The molecule has 4 N–H and O–H groups in total. The Hall–Kier alpha value is -0.780. The van der Waals surface area contributed by atoms with Crippen molar-refractivity contribution in [2.45, 2.75) is 12.2 Å². The first-order chi connectivity index (χ1) is 5.16. The van der Waals surface area contributed by atoms with Crippen molar-refractivity contribution in [2.75, 3.05) is 13.2 Å². The van der Waals surface area contributed by atoms with E-state index >= 15 is 0 Å². The first-order valence-corrected chi connectivity index (χ1v) is 3.19. The van der Waals surface area contributed by atoms with E-state index in [0.717, 1.165) is 0 Å². The molecule has 0 aromatic carbocycles. The van der Waals surface area contributed by atoms with E-state index in [0.29, 0.717) is 0 Å². The summed E-state index contributed by atoms with van der Waals surface area (Å²) in [6.07, 6.45) is -2.09. The van der Waals surface area contributed by atoms with Gasteiger partial charge in [0.05, 0.1) is 13.2 Å². The van der Waals surface area contributed by atoms with Gasteiger partial charge in [-0.3, -0.25) is 0 Å². The van der Waals surface area contributed by atoms with Crippen LogP contribution in [0.4, 0.5) is 0 Å². The van der Waals surface area contributed by atoms with Crippen LogP contribution >= 0.6 is 0 Å². The lowest BCUT2D eigenvalue weighted by molar-refractivity contribution is -0.0591. The Balaban J connectivity index is 2.78. The third kappa shape index (κ3) is 1.45. The van der Waals surface area contributed by atoms with Gasteiger partial charge in [-0.25, -0.2) is 0 Å². The Labute approximate surface area is 63.2 Å². The summed E-state index contributed by atoms with van der Waals surface area (Å²) in [4.78, 5) is 0. The Morgan fingerprint density at radius 1 is 1.36 bits per heavy atom. The monoisotopic (exact) mass is 162 g/mol. The lowest BCUT2D eigenvalue weighted by Crippen LogP contribution is -2.34. The summed E-state index contributed by atoms with van der Waals surface area (Å²) in [5.41, 5.74) is 0. The quantitative estimate of drug-likeness (QED) is 0.400. The summed E-state index contributed by atoms with van der Waals surface area (Å²) >= 11 is 0. The van der Waals surface area contributed by atoms with E-state index in [2.05, 4.69) is 0 Å². The normalized spacial score (nSPS) is 32.5. The minimum atomic E-state index is -1.18. The fourth-order valence-electron chi connectivity index (χ4n) is 0.840. The third-order valence-electron chi connectivity index (χ3n) is 1.50. The van der Waals surface area contributed by atoms with Gasteiger partial charge in [0.2, 0.25) is 0 Å². The Morgan fingerprint density at radius 2 is 2.00 bits per heavy atom. The molecule has 0 saturated carbocycles. The smallest absolute Gasteiger partial charge is 0.164 e. The fraction of sp³-hybridized carbons (Fsp3) is 0.667. The van der Waals surface area contributed by atoms with Gasteiger partial charge in [0.25, 0.3) is 0 Å². The molecule has 1 heterocycles. The van der Waals surface area contributed by atoms with Crippen LogP contribution in [0.25, 0.3) is 0 Å². The van der Waals surface area contributed by atoms with E-state index in [1.807, 2.05) is 0 Å². The predicted molar refractivity (Wildman–Crippen MR) is 35.1 cm³/mol. The summed E-state index contributed by atoms with van der Waals surface area (Å²) in [7, 11) is 0. The Kier molecular flexibility index (Phi) is 2.33. The van der Waals surface area contributed by atoms with Crippen LogP contribution in [0.1, 0.15) is 0 Å². The molecule has 0 radical (unpaired) electrons. The zero-order chi connectivity index (χ0) is 8.43. The summed E-state index contributed by atoms with van der Waals surface area (Å²) < 4.78 is 4.75. The van der Waals surface area contributed by atoms with Crippen LogP contribution in [0.2, 0.25) is 0 Å². The molecular weight excluding hydrogens is 152 g/mol. The van der Waals surface area contributed by atoms with Gasteiger partial charge in [-0.05, 0) is 0 Å². The van der Waals surface area contributed by atoms with Crippen molar-refractivity contribution < 1.29 is 25.2 Å². The number of aliphatic hydroxyl groups excluding tert-OH is 4. The average molecular weight is 162 g/mol. The van der Waals surface area contributed by atoms with Crippen LogP contribution in [-0.2, 0) is 4.74 Å². The van der Waals surface area contributed by atoms with Crippen molar-refractivity contribution in [3.05, 3.63) is 11.5 Å². The molecule has 1 aliphatic rings. The van der Waals surface area contributed by atoms with Crippen LogP contribution < -0.4 is 0 Å². The SMILES string of the molecule is OC[C@H]1OC[C@H](O)C(O)=C1O. The highest BCUT2D eigenvalue weighted by atomic mass is 16.5. The summed E-state index contributed by atoms with van der Waals surface area (Å²) in [5.74, 6) is -1.01. The molecule has 0 saturated heterocycles. The van der Waals surface area contributed by atoms with Gasteiger partial charge in [-0.15, -0.1) is 0 Å². The van der Waals surface area contributed by atoms with Crippen molar-refractivity contribution in [1.82, 2.24) is 0 Å². The molecule has 0 aromatic rings. The van der Waals surface area contributed by atoms with Gasteiger partial charge in [-0.2, -0.15) is 0 Å². The van der Waals surface area contributed by atoms with E-state index in [-0.39, 0.29) is 6.61 Å². The predicted octanol–water partition coefficient (Wildman–Crippen LogP) is -0.934. The van der Waals surface area contributed by atoms with Crippen LogP contribution in [0.15, 0.2) is 11.5 Å². The van der Waals surface area contributed by atoms with Gasteiger partial charge < -0.3 is 25.2 Å². The highest BCUT2D eigenvalue weighted by molar-refractivity contribution is 5.11. The molecule has 11 heavy (non-hydrogen) atoms. The lowest BCUT2D eigenvalue weighted by Gasteiger charge is -2.24. The van der Waals surface area contributed by atoms with E-state index < -0.39 is 30.3 Å². The maximum Gasteiger partial charge on any atom is 0.164 e. The second-order valence-electron chi connectivity index (χ2n) is 2.29. The molecule has 1 aliphatic heterocycles. The van der Waals surface area contributed by atoms with E-state index in [4.69, 9.17) is 25.2 Å². The Bertz CT molecular complexity index is 176. The van der Waals surface area contributed by atoms with Gasteiger partial charge in [-0.1, -0.05) is 0 Å². The number of ether oxygens (including phenoxy) is 1. The number of hydrogen-bond donors (Lipinski definition) is 4. The first-order valence-electron chi connectivity index (χ1n) is 3.19. The maximum atomic E-state index is 8.99. The van der Waals surface area contributed by atoms with Crippen LogP contribution in [0.3, 0.4) is 0 Å².